The molecule has 0 heterocycles. The van der Waals surface area contributed by atoms with Gasteiger partial charge in [-0.15, -0.1) is 0 Å². The first kappa shape index (κ1) is 12.1. The fourth-order valence-electron chi connectivity index (χ4n) is 0.725. The van der Waals surface area contributed by atoms with Crippen LogP contribution < -0.4 is 5.32 Å². The van der Waals surface area contributed by atoms with Gasteiger partial charge in [-0.1, -0.05) is 13.3 Å². The lowest BCUT2D eigenvalue weighted by Gasteiger charge is -2.14. The first-order valence-corrected chi connectivity index (χ1v) is 5.46. The van der Waals surface area contributed by atoms with Crippen molar-refractivity contribution in [3.63, 3.8) is 0 Å². The first-order valence-electron chi connectivity index (χ1n) is 3.93. The summed E-state index contributed by atoms with van der Waals surface area (Å²) in [6, 6.07) is 0. The molecule has 1 unspecified atom stereocenters. The third kappa shape index (κ3) is 8.17. The summed E-state index contributed by atoms with van der Waals surface area (Å²) in [6.07, 6.45) is 1.40. The average Bonchev–Trinajstić information content (AvgIpc) is 1.84. The Morgan fingerprint density at radius 2 is 2.17 bits per heavy atom. The monoisotopic (exact) mass is 197 g/mol. The van der Waals surface area contributed by atoms with Crippen LogP contribution in [-0.4, -0.2) is 22.6 Å². The van der Waals surface area contributed by atoms with Crippen molar-refractivity contribution in [3.05, 3.63) is 0 Å². The molecule has 0 amide bonds. The van der Waals surface area contributed by atoms with Gasteiger partial charge in [0.25, 0.3) is 0 Å². The SMILES string of the molecule is CCCCNC(C)OP(=O)(O)O. The molecule has 0 aliphatic rings. The number of nitrogens with one attached hydrogen (secondary N) is 1. The molecule has 74 valence electrons. The van der Waals surface area contributed by atoms with Crippen LogP contribution in [-0.2, 0) is 9.09 Å². The zero-order valence-electron chi connectivity index (χ0n) is 7.36. The maximum Gasteiger partial charge on any atom is 0.471 e. The summed E-state index contributed by atoms with van der Waals surface area (Å²) in [4.78, 5) is 16.8. The van der Waals surface area contributed by atoms with E-state index >= 15 is 0 Å². The van der Waals surface area contributed by atoms with Crippen molar-refractivity contribution in [1.29, 1.82) is 0 Å². The van der Waals surface area contributed by atoms with Crippen molar-refractivity contribution in [2.45, 2.75) is 32.9 Å². The Morgan fingerprint density at radius 1 is 1.58 bits per heavy atom. The molecular formula is C6H16NO4P. The number of rotatable bonds is 6. The van der Waals surface area contributed by atoms with Crippen molar-refractivity contribution < 1.29 is 18.9 Å². The van der Waals surface area contributed by atoms with Crippen LogP contribution in [0, 0.1) is 0 Å². The van der Waals surface area contributed by atoms with Crippen LogP contribution in [0.1, 0.15) is 26.7 Å². The Bertz CT molecular complexity index is 158. The smallest absolute Gasteiger partial charge is 0.303 e. The Hall–Kier alpha value is 0.0700. The summed E-state index contributed by atoms with van der Waals surface area (Å²) in [5, 5.41) is 2.83. The standard InChI is InChI=1S/C6H16NO4P/c1-3-4-5-7-6(2)11-12(8,9)10/h6-7H,3-5H2,1-2H3,(H2,8,9,10). The Kier molecular flexibility index (Phi) is 5.70. The van der Waals surface area contributed by atoms with E-state index in [1.54, 1.807) is 6.92 Å². The van der Waals surface area contributed by atoms with Gasteiger partial charge in [0.1, 0.15) is 6.23 Å². The van der Waals surface area contributed by atoms with Crippen molar-refractivity contribution in [2.24, 2.45) is 0 Å². The second-order valence-electron chi connectivity index (χ2n) is 2.55. The molecule has 0 aliphatic carbocycles. The summed E-state index contributed by atoms with van der Waals surface area (Å²) in [6.45, 7) is 4.31. The van der Waals surface area contributed by atoms with Gasteiger partial charge in [0.05, 0.1) is 0 Å². The highest BCUT2D eigenvalue weighted by molar-refractivity contribution is 7.46. The molecule has 6 heteroatoms. The highest BCUT2D eigenvalue weighted by atomic mass is 31.2. The van der Waals surface area contributed by atoms with E-state index in [-0.39, 0.29) is 0 Å². The summed E-state index contributed by atoms with van der Waals surface area (Å²) in [5.74, 6) is 0. The highest BCUT2D eigenvalue weighted by Gasteiger charge is 2.17. The van der Waals surface area contributed by atoms with Gasteiger partial charge >= 0.3 is 7.82 Å². The Balaban J connectivity index is 3.46. The van der Waals surface area contributed by atoms with E-state index in [0.29, 0.717) is 6.54 Å². The maximum absolute atomic E-state index is 10.3. The summed E-state index contributed by atoms with van der Waals surface area (Å²) in [7, 11) is -4.33. The van der Waals surface area contributed by atoms with Crippen molar-refractivity contribution in [1.82, 2.24) is 5.32 Å². The number of hydrogen-bond acceptors (Lipinski definition) is 3. The Labute approximate surface area is 72.4 Å². The van der Waals surface area contributed by atoms with E-state index in [2.05, 4.69) is 9.84 Å². The number of unbranched alkanes of at least 4 members (excludes halogenated alkanes) is 1. The molecule has 0 spiro atoms. The molecule has 0 aromatic rings. The van der Waals surface area contributed by atoms with Crippen LogP contribution in [0.5, 0.6) is 0 Å². The lowest BCUT2D eigenvalue weighted by molar-refractivity contribution is 0.121. The van der Waals surface area contributed by atoms with Gasteiger partial charge < -0.3 is 9.79 Å². The molecule has 1 atom stereocenters. The van der Waals surface area contributed by atoms with Crippen LogP contribution in [0.4, 0.5) is 0 Å². The summed E-state index contributed by atoms with van der Waals surface area (Å²) in [5.41, 5.74) is 0. The zero-order chi connectivity index (χ0) is 9.61. The van der Waals surface area contributed by atoms with Crippen LogP contribution in [0.25, 0.3) is 0 Å². The molecule has 5 nitrogen and oxygen atoms in total. The van der Waals surface area contributed by atoms with E-state index in [1.165, 1.54) is 0 Å². The van der Waals surface area contributed by atoms with Gasteiger partial charge in [0.2, 0.25) is 0 Å². The number of phosphoric acid groups is 1. The van der Waals surface area contributed by atoms with Crippen LogP contribution in [0.3, 0.4) is 0 Å². The van der Waals surface area contributed by atoms with Gasteiger partial charge in [-0.05, 0) is 19.9 Å². The third-order valence-electron chi connectivity index (χ3n) is 1.26. The summed E-state index contributed by atoms with van der Waals surface area (Å²) < 4.78 is 14.6. The molecule has 0 aromatic heterocycles. The fraction of sp³-hybridized carbons (Fsp3) is 1.00. The lowest BCUT2D eigenvalue weighted by Crippen LogP contribution is -2.28. The zero-order valence-corrected chi connectivity index (χ0v) is 8.25. The molecule has 0 aromatic carbocycles. The lowest BCUT2D eigenvalue weighted by atomic mass is 10.3. The predicted octanol–water partition coefficient (Wildman–Crippen LogP) is 0.831. The third-order valence-corrected chi connectivity index (χ3v) is 1.85. The van der Waals surface area contributed by atoms with Gasteiger partial charge in [-0.2, -0.15) is 0 Å². The second-order valence-corrected chi connectivity index (χ2v) is 3.74. The molecule has 0 aliphatic heterocycles. The molecule has 0 saturated carbocycles. The molecular weight excluding hydrogens is 181 g/mol. The van der Waals surface area contributed by atoms with Gasteiger partial charge in [0, 0.05) is 0 Å². The maximum atomic E-state index is 10.3. The normalized spacial score (nSPS) is 14.7. The molecule has 0 saturated heterocycles. The van der Waals surface area contributed by atoms with Gasteiger partial charge in [-0.25, -0.2) is 4.57 Å². The van der Waals surface area contributed by atoms with Crippen LogP contribution in [0.2, 0.25) is 0 Å². The van der Waals surface area contributed by atoms with E-state index < -0.39 is 14.1 Å². The van der Waals surface area contributed by atoms with Gasteiger partial charge in [-0.3, -0.25) is 9.84 Å². The van der Waals surface area contributed by atoms with E-state index in [0.717, 1.165) is 12.8 Å². The van der Waals surface area contributed by atoms with Crippen molar-refractivity contribution >= 4 is 7.82 Å². The predicted molar refractivity (Wildman–Crippen MR) is 45.5 cm³/mol. The Morgan fingerprint density at radius 3 is 2.58 bits per heavy atom. The number of hydrogen-bond donors (Lipinski definition) is 3. The molecule has 0 radical (unpaired) electrons. The van der Waals surface area contributed by atoms with Gasteiger partial charge in [0.15, 0.2) is 0 Å². The van der Waals surface area contributed by atoms with Crippen molar-refractivity contribution in [3.8, 4) is 0 Å². The van der Waals surface area contributed by atoms with Crippen LogP contribution in [0.15, 0.2) is 0 Å². The molecule has 0 bridgehead atoms. The first-order chi connectivity index (χ1) is 5.45. The average molecular weight is 197 g/mol. The fourth-order valence-corrected chi connectivity index (χ4v) is 1.21. The minimum Gasteiger partial charge on any atom is -0.303 e. The van der Waals surface area contributed by atoms with E-state index in [1.807, 2.05) is 6.92 Å². The topological polar surface area (TPSA) is 78.8 Å². The summed E-state index contributed by atoms with van der Waals surface area (Å²) >= 11 is 0. The molecule has 0 rings (SSSR count). The van der Waals surface area contributed by atoms with Crippen LogP contribution >= 0.6 is 7.82 Å². The molecule has 12 heavy (non-hydrogen) atoms. The minimum absolute atomic E-state index is 0.600. The minimum atomic E-state index is -4.33. The van der Waals surface area contributed by atoms with E-state index in [9.17, 15) is 4.57 Å². The van der Waals surface area contributed by atoms with E-state index in [4.69, 9.17) is 9.79 Å². The molecule has 0 fully saturated rings. The largest absolute Gasteiger partial charge is 0.471 e. The van der Waals surface area contributed by atoms with Crippen molar-refractivity contribution in [2.75, 3.05) is 6.54 Å². The molecule has 3 N–H and O–H groups in total. The highest BCUT2D eigenvalue weighted by Crippen LogP contribution is 2.36. The second kappa shape index (κ2) is 5.67. The quantitative estimate of drug-likeness (QED) is 0.334. The number of phosphoric ester groups is 1.